The molecule has 1 N–H and O–H groups in total. The number of para-hydroxylation sites is 1. The number of benzene rings is 1. The van der Waals surface area contributed by atoms with Gasteiger partial charge in [0.25, 0.3) is 5.56 Å². The van der Waals surface area contributed by atoms with Crippen LogP contribution in [0.3, 0.4) is 0 Å². The van der Waals surface area contributed by atoms with E-state index >= 15 is 0 Å². The molecule has 0 radical (unpaired) electrons. The first kappa shape index (κ1) is 17.2. The molecule has 0 spiro atoms. The highest BCUT2D eigenvalue weighted by molar-refractivity contribution is 5.84. The lowest BCUT2D eigenvalue weighted by Gasteiger charge is -2.23. The standard InChI is InChI=1S/C22H23N3O3/c26-21-16-11-12-18(28-17-10-4-6-14-7-5-13-23-19(14)17)20(16)24-22(27)25(21)15-8-2-1-3-9-15/h4-7,10,13,15,18H,1-3,8-9,11-12H2,(H,24,27). The minimum Gasteiger partial charge on any atom is -0.482 e. The van der Waals surface area contributed by atoms with Gasteiger partial charge in [-0.25, -0.2) is 4.79 Å². The van der Waals surface area contributed by atoms with E-state index in [9.17, 15) is 9.59 Å². The first-order valence-corrected chi connectivity index (χ1v) is 10.1. The third-order valence-corrected chi connectivity index (χ3v) is 6.05. The van der Waals surface area contributed by atoms with Crippen molar-refractivity contribution in [3.8, 4) is 5.75 Å². The predicted molar refractivity (Wildman–Crippen MR) is 107 cm³/mol. The van der Waals surface area contributed by atoms with Crippen LogP contribution in [-0.4, -0.2) is 14.5 Å². The smallest absolute Gasteiger partial charge is 0.328 e. The van der Waals surface area contributed by atoms with Crippen molar-refractivity contribution in [2.45, 2.75) is 57.1 Å². The molecule has 6 heteroatoms. The highest BCUT2D eigenvalue weighted by Crippen LogP contribution is 2.34. The lowest BCUT2D eigenvalue weighted by Crippen LogP contribution is -2.41. The summed E-state index contributed by atoms with van der Waals surface area (Å²) in [6.45, 7) is 0. The number of nitrogens with zero attached hydrogens (tertiary/aromatic N) is 2. The molecule has 1 fully saturated rings. The SMILES string of the molecule is O=c1[nH]c2c(c(=O)n1C1CCCCC1)CCC2Oc1cccc2cccnc12. The third kappa shape index (κ3) is 2.84. The van der Waals surface area contributed by atoms with E-state index in [1.807, 2.05) is 30.3 Å². The van der Waals surface area contributed by atoms with E-state index in [-0.39, 0.29) is 23.4 Å². The van der Waals surface area contributed by atoms with E-state index in [0.717, 1.165) is 36.6 Å². The fourth-order valence-corrected chi connectivity index (χ4v) is 4.65. The highest BCUT2D eigenvalue weighted by Gasteiger charge is 2.31. The maximum absolute atomic E-state index is 13.1. The van der Waals surface area contributed by atoms with Gasteiger partial charge in [-0.2, -0.15) is 0 Å². The Morgan fingerprint density at radius 2 is 1.86 bits per heavy atom. The number of nitrogens with one attached hydrogen (secondary N) is 1. The molecule has 1 aromatic carbocycles. The summed E-state index contributed by atoms with van der Waals surface area (Å²) in [5, 5.41) is 0.999. The largest absolute Gasteiger partial charge is 0.482 e. The Kier molecular flexibility index (Phi) is 4.26. The Hall–Kier alpha value is -2.89. The van der Waals surface area contributed by atoms with Gasteiger partial charge in [-0.1, -0.05) is 37.5 Å². The Balaban J connectivity index is 1.51. The average molecular weight is 377 g/mol. The molecule has 28 heavy (non-hydrogen) atoms. The van der Waals surface area contributed by atoms with E-state index in [4.69, 9.17) is 4.74 Å². The number of aromatic amines is 1. The lowest BCUT2D eigenvalue weighted by atomic mass is 9.95. The molecular formula is C22H23N3O3. The van der Waals surface area contributed by atoms with Gasteiger partial charge in [0.1, 0.15) is 17.4 Å². The van der Waals surface area contributed by atoms with Gasteiger partial charge in [0.2, 0.25) is 0 Å². The van der Waals surface area contributed by atoms with Gasteiger partial charge in [-0.3, -0.25) is 14.3 Å². The van der Waals surface area contributed by atoms with Crippen molar-refractivity contribution in [2.75, 3.05) is 0 Å². The molecule has 2 aliphatic rings. The normalized spacial score (nSPS) is 19.6. The van der Waals surface area contributed by atoms with Gasteiger partial charge in [0.15, 0.2) is 0 Å². The summed E-state index contributed by atoms with van der Waals surface area (Å²) in [6, 6.07) is 9.71. The van der Waals surface area contributed by atoms with Crippen LogP contribution < -0.4 is 16.0 Å². The zero-order valence-electron chi connectivity index (χ0n) is 15.7. The Morgan fingerprint density at radius 3 is 2.71 bits per heavy atom. The van der Waals surface area contributed by atoms with Crippen LogP contribution in [0.1, 0.15) is 61.9 Å². The number of fused-ring (bicyclic) bond motifs is 2. The summed E-state index contributed by atoms with van der Waals surface area (Å²) in [5.41, 5.74) is 1.68. The van der Waals surface area contributed by atoms with Crippen LogP contribution in [0.25, 0.3) is 10.9 Å². The van der Waals surface area contributed by atoms with Crippen molar-refractivity contribution in [2.24, 2.45) is 0 Å². The second kappa shape index (κ2) is 6.93. The molecule has 0 aliphatic heterocycles. The van der Waals surface area contributed by atoms with Crippen molar-refractivity contribution in [1.29, 1.82) is 0 Å². The molecule has 0 bridgehead atoms. The third-order valence-electron chi connectivity index (χ3n) is 6.05. The van der Waals surface area contributed by atoms with Gasteiger partial charge in [0.05, 0.1) is 5.69 Å². The maximum Gasteiger partial charge on any atom is 0.328 e. The molecule has 1 atom stereocenters. The zero-order chi connectivity index (χ0) is 19.1. The fraction of sp³-hybridized carbons (Fsp3) is 0.409. The first-order valence-electron chi connectivity index (χ1n) is 10.1. The van der Waals surface area contributed by atoms with E-state index in [2.05, 4.69) is 9.97 Å². The van der Waals surface area contributed by atoms with Crippen molar-refractivity contribution < 1.29 is 4.74 Å². The van der Waals surface area contributed by atoms with Gasteiger partial charge in [0, 0.05) is 23.2 Å². The number of pyridine rings is 1. The van der Waals surface area contributed by atoms with Crippen LogP contribution in [0.15, 0.2) is 46.1 Å². The molecule has 6 nitrogen and oxygen atoms in total. The van der Waals surface area contributed by atoms with Crippen LogP contribution in [0.4, 0.5) is 0 Å². The molecule has 2 heterocycles. The van der Waals surface area contributed by atoms with Gasteiger partial charge >= 0.3 is 5.69 Å². The van der Waals surface area contributed by atoms with Gasteiger partial charge in [-0.15, -0.1) is 0 Å². The van der Waals surface area contributed by atoms with Crippen molar-refractivity contribution >= 4 is 10.9 Å². The molecular weight excluding hydrogens is 354 g/mol. The minimum absolute atomic E-state index is 0.0255. The molecule has 1 unspecified atom stereocenters. The fourth-order valence-electron chi connectivity index (χ4n) is 4.65. The zero-order valence-corrected chi connectivity index (χ0v) is 15.7. The van der Waals surface area contributed by atoms with Crippen LogP contribution in [0, 0.1) is 0 Å². The molecule has 0 saturated heterocycles. The summed E-state index contributed by atoms with van der Waals surface area (Å²) in [5.74, 6) is 0.674. The number of ether oxygens (including phenoxy) is 1. The minimum atomic E-state index is -0.330. The maximum atomic E-state index is 13.1. The van der Waals surface area contributed by atoms with E-state index < -0.39 is 0 Å². The van der Waals surface area contributed by atoms with Crippen LogP contribution >= 0.6 is 0 Å². The quantitative estimate of drug-likeness (QED) is 0.756. The topological polar surface area (TPSA) is 77.0 Å². The van der Waals surface area contributed by atoms with Crippen LogP contribution in [-0.2, 0) is 6.42 Å². The number of hydrogen-bond donors (Lipinski definition) is 1. The molecule has 0 amide bonds. The van der Waals surface area contributed by atoms with Crippen molar-refractivity contribution in [3.63, 3.8) is 0 Å². The van der Waals surface area contributed by atoms with E-state index in [1.165, 1.54) is 11.0 Å². The summed E-state index contributed by atoms with van der Waals surface area (Å²) in [4.78, 5) is 33.2. The van der Waals surface area contributed by atoms with Gasteiger partial charge < -0.3 is 9.72 Å². The summed E-state index contributed by atoms with van der Waals surface area (Å²) in [7, 11) is 0. The second-order valence-corrected chi connectivity index (χ2v) is 7.77. The number of hydrogen-bond acceptors (Lipinski definition) is 4. The summed E-state index contributed by atoms with van der Waals surface area (Å²) in [6.07, 6.45) is 7.86. The average Bonchev–Trinajstić information content (AvgIpc) is 3.12. The number of aromatic nitrogens is 3. The van der Waals surface area contributed by atoms with Gasteiger partial charge in [-0.05, 0) is 37.8 Å². The second-order valence-electron chi connectivity index (χ2n) is 7.77. The summed E-state index contributed by atoms with van der Waals surface area (Å²) >= 11 is 0. The molecule has 144 valence electrons. The van der Waals surface area contributed by atoms with Crippen molar-refractivity contribution in [1.82, 2.24) is 14.5 Å². The summed E-state index contributed by atoms with van der Waals surface area (Å²) < 4.78 is 7.69. The lowest BCUT2D eigenvalue weighted by molar-refractivity contribution is 0.205. The number of rotatable bonds is 3. The first-order chi connectivity index (χ1) is 13.7. The Morgan fingerprint density at radius 1 is 1.04 bits per heavy atom. The van der Waals surface area contributed by atoms with E-state index in [0.29, 0.717) is 29.8 Å². The number of H-pyrrole nitrogens is 1. The molecule has 3 aromatic rings. The van der Waals surface area contributed by atoms with E-state index in [1.54, 1.807) is 6.20 Å². The molecule has 5 rings (SSSR count). The Bertz CT molecular complexity index is 1140. The molecule has 2 aliphatic carbocycles. The monoisotopic (exact) mass is 377 g/mol. The molecule has 2 aromatic heterocycles. The van der Waals surface area contributed by atoms with Crippen molar-refractivity contribution in [3.05, 3.63) is 68.6 Å². The van der Waals surface area contributed by atoms with Crippen LogP contribution in [0.2, 0.25) is 0 Å². The highest BCUT2D eigenvalue weighted by atomic mass is 16.5. The predicted octanol–water partition coefficient (Wildman–Crippen LogP) is 3.66. The Labute approximate surface area is 162 Å². The van der Waals surface area contributed by atoms with Crippen LogP contribution in [0.5, 0.6) is 5.75 Å². The molecule has 1 saturated carbocycles.